The number of hydrogen-bond acceptors (Lipinski definition) is 3. The van der Waals surface area contributed by atoms with E-state index < -0.39 is 11.7 Å². The zero-order valence-corrected chi connectivity index (χ0v) is 6.75. The quantitative estimate of drug-likeness (QED) is 0.712. The first kappa shape index (κ1) is 9.05. The van der Waals surface area contributed by atoms with Crippen LogP contribution in [0.3, 0.4) is 0 Å². The summed E-state index contributed by atoms with van der Waals surface area (Å²) in [5, 5.41) is 15.3. The molecule has 0 saturated heterocycles. The molecule has 0 spiro atoms. The maximum absolute atomic E-state index is 12.7. The lowest BCUT2D eigenvalue weighted by Crippen LogP contribution is -2.15. The third-order valence-electron chi connectivity index (χ3n) is 1.50. The summed E-state index contributed by atoms with van der Waals surface area (Å²) in [4.78, 5) is 0. The molecule has 0 aliphatic rings. The van der Waals surface area contributed by atoms with Gasteiger partial charge in [0.1, 0.15) is 6.61 Å². The van der Waals surface area contributed by atoms with Crippen LogP contribution in [0.2, 0.25) is 0 Å². The second-order valence-electron chi connectivity index (χ2n) is 2.55. The molecule has 0 aliphatic carbocycles. The molecular formula is C6H9F2N3O. The predicted octanol–water partition coefficient (Wildman–Crippen LogP) is 0.419. The molecule has 0 aromatic carbocycles. The molecule has 0 amide bonds. The predicted molar refractivity (Wildman–Crippen MR) is 36.5 cm³/mol. The van der Waals surface area contributed by atoms with Crippen LogP contribution in [0, 0.1) is 0 Å². The van der Waals surface area contributed by atoms with Crippen molar-refractivity contribution >= 4 is 0 Å². The van der Waals surface area contributed by atoms with E-state index in [1.807, 2.05) is 0 Å². The van der Waals surface area contributed by atoms with E-state index >= 15 is 0 Å². The SMILES string of the molecule is Cn1c(CO)nnc1C(C)(F)F. The first-order valence-corrected chi connectivity index (χ1v) is 3.34. The highest BCUT2D eigenvalue weighted by Gasteiger charge is 2.31. The Balaban J connectivity index is 3.11. The molecule has 68 valence electrons. The van der Waals surface area contributed by atoms with E-state index in [0.717, 1.165) is 11.5 Å². The topological polar surface area (TPSA) is 50.9 Å². The van der Waals surface area contributed by atoms with Crippen molar-refractivity contribution in [3.8, 4) is 0 Å². The van der Waals surface area contributed by atoms with Crippen molar-refractivity contribution in [3.05, 3.63) is 11.6 Å². The zero-order chi connectivity index (χ0) is 9.35. The van der Waals surface area contributed by atoms with Crippen LogP contribution in [0.4, 0.5) is 8.78 Å². The van der Waals surface area contributed by atoms with Crippen molar-refractivity contribution in [1.82, 2.24) is 14.8 Å². The fourth-order valence-corrected chi connectivity index (χ4v) is 0.881. The molecule has 1 N–H and O–H groups in total. The van der Waals surface area contributed by atoms with E-state index in [-0.39, 0.29) is 12.4 Å². The third kappa shape index (κ3) is 1.42. The van der Waals surface area contributed by atoms with Crippen molar-refractivity contribution in [3.63, 3.8) is 0 Å². The Labute approximate surface area is 67.8 Å². The van der Waals surface area contributed by atoms with Gasteiger partial charge in [-0.2, -0.15) is 8.78 Å². The number of hydrogen-bond donors (Lipinski definition) is 1. The summed E-state index contributed by atoms with van der Waals surface area (Å²) in [5.74, 6) is -3.33. The van der Waals surface area contributed by atoms with Gasteiger partial charge in [-0.05, 0) is 0 Å². The van der Waals surface area contributed by atoms with Gasteiger partial charge in [0.05, 0.1) is 0 Å². The maximum Gasteiger partial charge on any atom is 0.304 e. The van der Waals surface area contributed by atoms with Gasteiger partial charge in [-0.3, -0.25) is 0 Å². The minimum atomic E-state index is -3.02. The summed E-state index contributed by atoms with van der Waals surface area (Å²) >= 11 is 0. The van der Waals surface area contributed by atoms with Gasteiger partial charge in [0.25, 0.3) is 0 Å². The normalized spacial score (nSPS) is 12.1. The third-order valence-corrected chi connectivity index (χ3v) is 1.50. The van der Waals surface area contributed by atoms with E-state index in [0.29, 0.717) is 0 Å². The lowest BCUT2D eigenvalue weighted by molar-refractivity contribution is 0.00432. The second kappa shape index (κ2) is 2.78. The average Bonchev–Trinajstić information content (AvgIpc) is 2.29. The van der Waals surface area contributed by atoms with Gasteiger partial charge in [-0.1, -0.05) is 0 Å². The van der Waals surface area contributed by atoms with E-state index in [1.165, 1.54) is 7.05 Å². The number of nitrogens with zero attached hydrogens (tertiary/aromatic N) is 3. The Morgan fingerprint density at radius 3 is 2.33 bits per heavy atom. The van der Waals surface area contributed by atoms with Crippen molar-refractivity contribution in [1.29, 1.82) is 0 Å². The van der Waals surface area contributed by atoms with Crippen molar-refractivity contribution in [2.75, 3.05) is 0 Å². The number of rotatable bonds is 2. The summed E-state index contributed by atoms with van der Waals surface area (Å²) in [6.07, 6.45) is 0. The molecular weight excluding hydrogens is 168 g/mol. The largest absolute Gasteiger partial charge is 0.388 e. The summed E-state index contributed by atoms with van der Waals surface area (Å²) in [6, 6.07) is 0. The van der Waals surface area contributed by atoms with Crippen LogP contribution >= 0.6 is 0 Å². The Kier molecular flexibility index (Phi) is 2.10. The Bertz CT molecular complexity index is 279. The second-order valence-corrected chi connectivity index (χ2v) is 2.55. The molecule has 1 aromatic heterocycles. The maximum atomic E-state index is 12.7. The number of aromatic nitrogens is 3. The molecule has 0 atom stereocenters. The first-order chi connectivity index (χ1) is 5.46. The highest BCUT2D eigenvalue weighted by Crippen LogP contribution is 2.24. The first-order valence-electron chi connectivity index (χ1n) is 3.34. The van der Waals surface area contributed by atoms with E-state index in [1.54, 1.807) is 0 Å². The van der Waals surface area contributed by atoms with Crippen LogP contribution in [-0.4, -0.2) is 19.9 Å². The fraction of sp³-hybridized carbons (Fsp3) is 0.667. The Morgan fingerprint density at radius 1 is 1.50 bits per heavy atom. The molecule has 0 unspecified atom stereocenters. The van der Waals surface area contributed by atoms with Crippen LogP contribution < -0.4 is 0 Å². The van der Waals surface area contributed by atoms with Crippen molar-refractivity contribution in [2.24, 2.45) is 7.05 Å². The van der Waals surface area contributed by atoms with Gasteiger partial charge in [0.2, 0.25) is 5.82 Å². The molecule has 1 heterocycles. The van der Waals surface area contributed by atoms with Crippen LogP contribution in [0.5, 0.6) is 0 Å². The zero-order valence-electron chi connectivity index (χ0n) is 6.75. The van der Waals surface area contributed by atoms with Crippen molar-refractivity contribution < 1.29 is 13.9 Å². The lowest BCUT2D eigenvalue weighted by atomic mass is 10.3. The van der Waals surface area contributed by atoms with Crippen LogP contribution in [0.25, 0.3) is 0 Å². The number of halogens is 2. The molecule has 0 fully saturated rings. The van der Waals surface area contributed by atoms with E-state index in [4.69, 9.17) is 5.11 Å². The molecule has 0 saturated carbocycles. The minimum Gasteiger partial charge on any atom is -0.388 e. The highest BCUT2D eigenvalue weighted by molar-refractivity contribution is 4.99. The lowest BCUT2D eigenvalue weighted by Gasteiger charge is -2.08. The van der Waals surface area contributed by atoms with Gasteiger partial charge in [-0.15, -0.1) is 10.2 Å². The van der Waals surface area contributed by atoms with Crippen LogP contribution in [0.15, 0.2) is 0 Å². The summed E-state index contributed by atoms with van der Waals surface area (Å²) in [6.45, 7) is 0.345. The molecule has 1 rings (SSSR count). The summed E-state index contributed by atoms with van der Waals surface area (Å²) in [7, 11) is 1.39. The van der Waals surface area contributed by atoms with Crippen LogP contribution in [0.1, 0.15) is 18.6 Å². The van der Waals surface area contributed by atoms with E-state index in [9.17, 15) is 8.78 Å². The van der Waals surface area contributed by atoms with Gasteiger partial charge in [-0.25, -0.2) is 0 Å². The summed E-state index contributed by atoms with van der Waals surface area (Å²) in [5.41, 5.74) is 0. The average molecular weight is 177 g/mol. The molecule has 6 heteroatoms. The molecule has 0 bridgehead atoms. The number of alkyl halides is 2. The molecule has 12 heavy (non-hydrogen) atoms. The standard InChI is InChI=1S/C6H9F2N3O/c1-6(7,8)5-10-9-4(3-12)11(5)2/h12H,3H2,1-2H3. The van der Waals surface area contributed by atoms with Gasteiger partial charge < -0.3 is 9.67 Å². The van der Waals surface area contributed by atoms with E-state index in [2.05, 4.69) is 10.2 Å². The Hall–Kier alpha value is -1.04. The van der Waals surface area contributed by atoms with Gasteiger partial charge in [0.15, 0.2) is 5.82 Å². The smallest absolute Gasteiger partial charge is 0.304 e. The van der Waals surface area contributed by atoms with Gasteiger partial charge >= 0.3 is 5.92 Å². The number of aliphatic hydroxyl groups is 1. The molecule has 0 radical (unpaired) electrons. The monoisotopic (exact) mass is 177 g/mol. The fourth-order valence-electron chi connectivity index (χ4n) is 0.881. The molecule has 1 aromatic rings. The van der Waals surface area contributed by atoms with Gasteiger partial charge in [0, 0.05) is 14.0 Å². The Morgan fingerprint density at radius 2 is 2.08 bits per heavy atom. The highest BCUT2D eigenvalue weighted by atomic mass is 19.3. The van der Waals surface area contributed by atoms with Crippen LogP contribution in [-0.2, 0) is 19.6 Å². The summed E-state index contributed by atoms with van der Waals surface area (Å²) < 4.78 is 26.4. The molecule has 0 aliphatic heterocycles. The minimum absolute atomic E-state index is 0.131. The molecule has 4 nitrogen and oxygen atoms in total. The number of aliphatic hydroxyl groups excluding tert-OH is 1. The van der Waals surface area contributed by atoms with Crippen molar-refractivity contribution in [2.45, 2.75) is 19.5 Å².